The molecule has 1 aliphatic carbocycles. The van der Waals surface area contributed by atoms with E-state index in [1.54, 1.807) is 24.3 Å². The summed E-state index contributed by atoms with van der Waals surface area (Å²) in [6, 6.07) is 16.2. The molecule has 2 atom stereocenters. The molecule has 23 heavy (non-hydrogen) atoms. The number of carbonyl (C=O) groups excluding carboxylic acids is 1. The van der Waals surface area contributed by atoms with Crippen molar-refractivity contribution in [3.8, 4) is 6.07 Å². The summed E-state index contributed by atoms with van der Waals surface area (Å²) in [4.78, 5) is 12.1. The Bertz CT molecular complexity index is 750. The molecule has 0 bridgehead atoms. The van der Waals surface area contributed by atoms with Crippen molar-refractivity contribution >= 4 is 11.7 Å². The van der Waals surface area contributed by atoms with E-state index < -0.39 is 12.1 Å². The zero-order valence-electron chi connectivity index (χ0n) is 12.5. The molecule has 0 heterocycles. The fourth-order valence-electron chi connectivity index (χ4n) is 2.85. The number of urea groups is 1. The second-order valence-corrected chi connectivity index (χ2v) is 5.58. The summed E-state index contributed by atoms with van der Waals surface area (Å²) in [5.41, 5.74) is 3.56. The quantitative estimate of drug-likeness (QED) is 0.814. The summed E-state index contributed by atoms with van der Waals surface area (Å²) in [5, 5.41) is 24.4. The van der Waals surface area contributed by atoms with Crippen molar-refractivity contribution in [2.45, 2.75) is 25.0 Å². The van der Waals surface area contributed by atoms with Gasteiger partial charge in [-0.25, -0.2) is 4.79 Å². The van der Waals surface area contributed by atoms with Gasteiger partial charge in [0.25, 0.3) is 0 Å². The third-order valence-electron chi connectivity index (χ3n) is 3.99. The van der Waals surface area contributed by atoms with Crippen LogP contribution in [-0.4, -0.2) is 17.2 Å². The van der Waals surface area contributed by atoms with Crippen LogP contribution in [0, 0.1) is 11.3 Å². The molecule has 2 amide bonds. The van der Waals surface area contributed by atoms with Gasteiger partial charge in [-0.05, 0) is 28.8 Å². The monoisotopic (exact) mass is 307 g/mol. The van der Waals surface area contributed by atoms with E-state index in [1.807, 2.05) is 24.3 Å². The second kappa shape index (κ2) is 6.51. The predicted octanol–water partition coefficient (Wildman–Crippen LogP) is 2.53. The Hall–Kier alpha value is -2.84. The Labute approximate surface area is 134 Å². The van der Waals surface area contributed by atoms with E-state index in [4.69, 9.17) is 5.26 Å². The standard InChI is InChI=1S/C18H17N3O2/c19-10-9-12-5-7-14(8-6-12)20-18(23)21-17-15-4-2-1-3-13(15)11-16(17)22/h1-8,16-17,22H,9,11H2,(H2,20,21,23)/t16-,17+/m0/s1. The first-order chi connectivity index (χ1) is 11.2. The number of anilines is 1. The molecule has 5 nitrogen and oxygen atoms in total. The van der Waals surface area contributed by atoms with Crippen molar-refractivity contribution in [2.24, 2.45) is 0 Å². The van der Waals surface area contributed by atoms with Gasteiger partial charge in [0.1, 0.15) is 0 Å². The van der Waals surface area contributed by atoms with Gasteiger partial charge in [0.05, 0.1) is 24.6 Å². The molecule has 0 spiro atoms. The van der Waals surface area contributed by atoms with Crippen molar-refractivity contribution in [2.75, 3.05) is 5.32 Å². The number of hydrogen-bond acceptors (Lipinski definition) is 3. The van der Waals surface area contributed by atoms with Gasteiger partial charge >= 0.3 is 6.03 Å². The Balaban J connectivity index is 1.65. The fraction of sp³-hybridized carbons (Fsp3) is 0.222. The molecule has 0 aliphatic heterocycles. The molecule has 0 radical (unpaired) electrons. The van der Waals surface area contributed by atoms with Gasteiger partial charge in [0, 0.05) is 12.1 Å². The number of carbonyl (C=O) groups is 1. The minimum absolute atomic E-state index is 0.345. The Morgan fingerprint density at radius 2 is 1.96 bits per heavy atom. The number of nitrogens with zero attached hydrogens (tertiary/aromatic N) is 1. The first-order valence-corrected chi connectivity index (χ1v) is 7.46. The Morgan fingerprint density at radius 1 is 1.22 bits per heavy atom. The maximum absolute atomic E-state index is 12.1. The highest BCUT2D eigenvalue weighted by atomic mass is 16.3. The van der Waals surface area contributed by atoms with Gasteiger partial charge < -0.3 is 15.7 Å². The van der Waals surface area contributed by atoms with Crippen LogP contribution in [0.15, 0.2) is 48.5 Å². The molecule has 0 unspecified atom stereocenters. The topological polar surface area (TPSA) is 85.2 Å². The maximum atomic E-state index is 12.1. The molecule has 1 aliphatic rings. The SMILES string of the molecule is N#CCc1ccc(NC(=O)N[C@@H]2c3ccccc3C[C@@H]2O)cc1. The van der Waals surface area contributed by atoms with Gasteiger partial charge in [0.15, 0.2) is 0 Å². The zero-order chi connectivity index (χ0) is 16.2. The number of nitrogens with one attached hydrogen (secondary N) is 2. The van der Waals surface area contributed by atoms with Crippen LogP contribution in [0.1, 0.15) is 22.7 Å². The maximum Gasteiger partial charge on any atom is 0.319 e. The highest BCUT2D eigenvalue weighted by molar-refractivity contribution is 5.89. The van der Waals surface area contributed by atoms with E-state index in [2.05, 4.69) is 16.7 Å². The lowest BCUT2D eigenvalue weighted by atomic mass is 10.1. The zero-order valence-corrected chi connectivity index (χ0v) is 12.5. The van der Waals surface area contributed by atoms with E-state index in [0.29, 0.717) is 18.5 Å². The highest BCUT2D eigenvalue weighted by Gasteiger charge is 2.31. The third-order valence-corrected chi connectivity index (χ3v) is 3.99. The first-order valence-electron chi connectivity index (χ1n) is 7.46. The average Bonchev–Trinajstić information content (AvgIpc) is 2.85. The molecule has 0 saturated heterocycles. The molecule has 3 N–H and O–H groups in total. The summed E-state index contributed by atoms with van der Waals surface area (Å²) in [7, 11) is 0. The summed E-state index contributed by atoms with van der Waals surface area (Å²) in [5.74, 6) is 0. The lowest BCUT2D eigenvalue weighted by molar-refractivity contribution is 0.144. The summed E-state index contributed by atoms with van der Waals surface area (Å²) < 4.78 is 0. The number of amides is 2. The molecule has 0 fully saturated rings. The molecule has 2 aromatic rings. The molecule has 5 heteroatoms. The molecule has 3 rings (SSSR count). The van der Waals surface area contributed by atoms with Crippen LogP contribution in [0.3, 0.4) is 0 Å². The van der Waals surface area contributed by atoms with Crippen LogP contribution in [0.4, 0.5) is 10.5 Å². The normalized spacial score (nSPS) is 18.8. The number of aliphatic hydroxyl groups is 1. The third kappa shape index (κ3) is 3.33. The first kappa shape index (κ1) is 15.1. The van der Waals surface area contributed by atoms with Crippen molar-refractivity contribution in [3.05, 3.63) is 65.2 Å². The van der Waals surface area contributed by atoms with Crippen molar-refractivity contribution in [1.29, 1.82) is 5.26 Å². The number of aliphatic hydroxyl groups excluding tert-OH is 1. The summed E-state index contributed by atoms with van der Waals surface area (Å²) >= 11 is 0. The predicted molar refractivity (Wildman–Crippen MR) is 86.8 cm³/mol. The molecular formula is C18H17N3O2. The second-order valence-electron chi connectivity index (χ2n) is 5.58. The number of hydrogen-bond donors (Lipinski definition) is 3. The summed E-state index contributed by atoms with van der Waals surface area (Å²) in [6.07, 6.45) is 0.276. The minimum atomic E-state index is -0.615. The molecule has 0 saturated carbocycles. The van der Waals surface area contributed by atoms with Crippen LogP contribution < -0.4 is 10.6 Å². The summed E-state index contributed by atoms with van der Waals surface area (Å²) in [6.45, 7) is 0. The Kier molecular flexibility index (Phi) is 4.26. The molecule has 2 aromatic carbocycles. The molecule has 116 valence electrons. The van der Waals surface area contributed by atoms with E-state index in [0.717, 1.165) is 16.7 Å². The lowest BCUT2D eigenvalue weighted by Crippen LogP contribution is -2.36. The van der Waals surface area contributed by atoms with Gasteiger partial charge in [0.2, 0.25) is 0 Å². The van der Waals surface area contributed by atoms with Gasteiger partial charge in [-0.2, -0.15) is 5.26 Å². The molecule has 0 aromatic heterocycles. The number of benzene rings is 2. The van der Waals surface area contributed by atoms with Crippen LogP contribution in [-0.2, 0) is 12.8 Å². The highest BCUT2D eigenvalue weighted by Crippen LogP contribution is 2.31. The average molecular weight is 307 g/mol. The van der Waals surface area contributed by atoms with Crippen LogP contribution >= 0.6 is 0 Å². The van der Waals surface area contributed by atoms with E-state index >= 15 is 0 Å². The van der Waals surface area contributed by atoms with Crippen LogP contribution in [0.5, 0.6) is 0 Å². The number of rotatable bonds is 3. The smallest absolute Gasteiger partial charge is 0.319 e. The number of nitriles is 1. The lowest BCUT2D eigenvalue weighted by Gasteiger charge is -2.18. The van der Waals surface area contributed by atoms with E-state index in [9.17, 15) is 9.90 Å². The fourth-order valence-corrected chi connectivity index (χ4v) is 2.85. The van der Waals surface area contributed by atoms with Crippen molar-refractivity contribution < 1.29 is 9.90 Å². The van der Waals surface area contributed by atoms with E-state index in [1.165, 1.54) is 0 Å². The van der Waals surface area contributed by atoms with Gasteiger partial charge in [-0.3, -0.25) is 0 Å². The number of fused-ring (bicyclic) bond motifs is 1. The van der Waals surface area contributed by atoms with Gasteiger partial charge in [-0.1, -0.05) is 36.4 Å². The van der Waals surface area contributed by atoms with Crippen molar-refractivity contribution in [3.63, 3.8) is 0 Å². The Morgan fingerprint density at radius 3 is 2.70 bits per heavy atom. The van der Waals surface area contributed by atoms with Crippen molar-refractivity contribution in [1.82, 2.24) is 5.32 Å². The molecular weight excluding hydrogens is 290 g/mol. The van der Waals surface area contributed by atoms with E-state index in [-0.39, 0.29) is 6.03 Å². The minimum Gasteiger partial charge on any atom is -0.390 e. The van der Waals surface area contributed by atoms with Gasteiger partial charge in [-0.15, -0.1) is 0 Å². The van der Waals surface area contributed by atoms with Crippen LogP contribution in [0.2, 0.25) is 0 Å². The largest absolute Gasteiger partial charge is 0.390 e. The van der Waals surface area contributed by atoms with Crippen LogP contribution in [0.25, 0.3) is 0 Å².